The molecule has 1 aromatic carbocycles. The van der Waals surface area contributed by atoms with Crippen LogP contribution in [-0.2, 0) is 13.1 Å². The van der Waals surface area contributed by atoms with Crippen molar-refractivity contribution in [3.05, 3.63) is 70.1 Å². The highest BCUT2D eigenvalue weighted by Crippen LogP contribution is 2.07. The predicted molar refractivity (Wildman–Crippen MR) is 131 cm³/mol. The first-order chi connectivity index (χ1) is 14.9. The van der Waals surface area contributed by atoms with Crippen LogP contribution in [0, 0.1) is 0 Å². The van der Waals surface area contributed by atoms with E-state index in [1.807, 2.05) is 12.3 Å². The van der Waals surface area contributed by atoms with E-state index in [0.717, 1.165) is 43.1 Å². The molecule has 6 heteroatoms. The Kier molecular flexibility index (Phi) is 10.3. The molecule has 0 unspecified atom stereocenters. The van der Waals surface area contributed by atoms with E-state index in [0.29, 0.717) is 25.2 Å². The van der Waals surface area contributed by atoms with Crippen LogP contribution in [0.2, 0.25) is 0 Å². The van der Waals surface area contributed by atoms with E-state index in [9.17, 15) is 4.79 Å². The van der Waals surface area contributed by atoms with Crippen LogP contribution in [0.5, 0.6) is 0 Å². The summed E-state index contributed by atoms with van der Waals surface area (Å²) in [6.45, 7) is 15.1. The molecule has 1 heterocycles. The van der Waals surface area contributed by atoms with Crippen LogP contribution >= 0.6 is 0 Å². The van der Waals surface area contributed by atoms with Crippen LogP contribution in [0.1, 0.15) is 52.2 Å². The SMILES string of the molecule is CCNC(=NCc1ccc(Cn2ccccc2=O)cc1)NCCCN(C(C)C)C(C)C. The first kappa shape index (κ1) is 24.7. The molecule has 0 saturated heterocycles. The second kappa shape index (κ2) is 13.0. The highest BCUT2D eigenvalue weighted by atomic mass is 16.1. The average Bonchev–Trinajstić information content (AvgIpc) is 2.74. The fourth-order valence-corrected chi connectivity index (χ4v) is 3.63. The van der Waals surface area contributed by atoms with Crippen molar-refractivity contribution in [1.29, 1.82) is 0 Å². The van der Waals surface area contributed by atoms with E-state index in [1.54, 1.807) is 16.7 Å². The fourth-order valence-electron chi connectivity index (χ4n) is 3.63. The topological polar surface area (TPSA) is 61.7 Å². The van der Waals surface area contributed by atoms with Crippen LogP contribution in [-0.4, -0.2) is 47.1 Å². The lowest BCUT2D eigenvalue weighted by atomic mass is 10.1. The zero-order chi connectivity index (χ0) is 22.6. The van der Waals surface area contributed by atoms with Gasteiger partial charge in [0.25, 0.3) is 5.56 Å². The molecule has 170 valence electrons. The molecule has 0 aliphatic carbocycles. The lowest BCUT2D eigenvalue weighted by Gasteiger charge is -2.30. The highest BCUT2D eigenvalue weighted by Gasteiger charge is 2.12. The number of hydrogen-bond acceptors (Lipinski definition) is 3. The Morgan fingerprint density at radius 2 is 1.68 bits per heavy atom. The third-order valence-corrected chi connectivity index (χ3v) is 5.25. The normalized spacial score (nSPS) is 12.1. The van der Waals surface area contributed by atoms with E-state index in [4.69, 9.17) is 4.99 Å². The van der Waals surface area contributed by atoms with Gasteiger partial charge in [-0.3, -0.25) is 9.69 Å². The van der Waals surface area contributed by atoms with Gasteiger partial charge in [0.2, 0.25) is 0 Å². The van der Waals surface area contributed by atoms with Gasteiger partial charge < -0.3 is 15.2 Å². The maximum absolute atomic E-state index is 11.9. The Bertz CT molecular complexity index is 847. The Balaban J connectivity index is 1.87. The van der Waals surface area contributed by atoms with Gasteiger partial charge in [-0.25, -0.2) is 4.99 Å². The number of pyridine rings is 1. The molecule has 0 fully saturated rings. The molecule has 2 N–H and O–H groups in total. The molecule has 6 nitrogen and oxygen atoms in total. The highest BCUT2D eigenvalue weighted by molar-refractivity contribution is 5.79. The standard InChI is InChI=1S/C25H39N5O/c1-6-26-25(27-15-9-17-30(20(2)3)21(4)5)28-18-22-11-13-23(14-12-22)19-29-16-8-7-10-24(29)31/h7-8,10-14,16,20-21H,6,9,15,17-19H2,1-5H3,(H2,26,27,28). The molecule has 0 radical (unpaired) electrons. The minimum Gasteiger partial charge on any atom is -0.357 e. The summed E-state index contributed by atoms with van der Waals surface area (Å²) in [5.41, 5.74) is 2.26. The number of aliphatic imine (C=N–C) groups is 1. The van der Waals surface area contributed by atoms with Crippen LogP contribution in [0.25, 0.3) is 0 Å². The minimum atomic E-state index is 0.0161. The first-order valence-electron chi connectivity index (χ1n) is 11.4. The molecular weight excluding hydrogens is 386 g/mol. The number of guanidine groups is 1. The third kappa shape index (κ3) is 8.58. The van der Waals surface area contributed by atoms with E-state index in [2.05, 4.69) is 74.4 Å². The van der Waals surface area contributed by atoms with E-state index >= 15 is 0 Å². The average molecular weight is 426 g/mol. The van der Waals surface area contributed by atoms with Gasteiger partial charge in [0.1, 0.15) is 0 Å². The van der Waals surface area contributed by atoms with Crippen molar-refractivity contribution in [2.24, 2.45) is 4.99 Å². The quantitative estimate of drug-likeness (QED) is 0.329. The number of hydrogen-bond donors (Lipinski definition) is 2. The van der Waals surface area contributed by atoms with E-state index in [-0.39, 0.29) is 5.56 Å². The van der Waals surface area contributed by atoms with E-state index in [1.165, 1.54) is 0 Å². The maximum atomic E-state index is 11.9. The zero-order valence-corrected chi connectivity index (χ0v) is 19.8. The van der Waals surface area contributed by atoms with Gasteiger partial charge >= 0.3 is 0 Å². The minimum absolute atomic E-state index is 0.0161. The van der Waals surface area contributed by atoms with Crippen molar-refractivity contribution >= 4 is 5.96 Å². The lowest BCUT2D eigenvalue weighted by molar-refractivity contribution is 0.173. The molecule has 0 atom stereocenters. The maximum Gasteiger partial charge on any atom is 0.250 e. The van der Waals surface area contributed by atoms with E-state index < -0.39 is 0 Å². The molecule has 1 aromatic heterocycles. The smallest absolute Gasteiger partial charge is 0.250 e. The summed E-state index contributed by atoms with van der Waals surface area (Å²) in [7, 11) is 0. The van der Waals surface area contributed by atoms with Gasteiger partial charge in [0.15, 0.2) is 5.96 Å². The summed E-state index contributed by atoms with van der Waals surface area (Å²) < 4.78 is 1.71. The summed E-state index contributed by atoms with van der Waals surface area (Å²) in [6, 6.07) is 14.6. The molecule has 0 saturated carbocycles. The Morgan fingerprint density at radius 3 is 2.29 bits per heavy atom. The second-order valence-electron chi connectivity index (χ2n) is 8.38. The Hall–Kier alpha value is -2.60. The third-order valence-electron chi connectivity index (χ3n) is 5.25. The van der Waals surface area contributed by atoms with Gasteiger partial charge in [-0.05, 0) is 58.2 Å². The van der Waals surface area contributed by atoms with Gasteiger partial charge in [-0.15, -0.1) is 0 Å². The van der Waals surface area contributed by atoms with Crippen LogP contribution in [0.15, 0.2) is 58.4 Å². The van der Waals surface area contributed by atoms with Gasteiger partial charge in [0, 0.05) is 44.0 Å². The number of nitrogens with zero attached hydrogens (tertiary/aromatic N) is 3. The molecular formula is C25H39N5O. The van der Waals surface area contributed by atoms with Gasteiger partial charge in [-0.2, -0.15) is 0 Å². The summed E-state index contributed by atoms with van der Waals surface area (Å²) in [6.07, 6.45) is 2.89. The summed E-state index contributed by atoms with van der Waals surface area (Å²) >= 11 is 0. The summed E-state index contributed by atoms with van der Waals surface area (Å²) in [5, 5.41) is 6.77. The predicted octanol–water partition coefficient (Wildman–Crippen LogP) is 3.46. The van der Waals surface area contributed by atoms with Gasteiger partial charge in [-0.1, -0.05) is 30.3 Å². The Labute approximate surface area is 187 Å². The molecule has 2 rings (SSSR count). The number of benzene rings is 1. The number of aromatic nitrogens is 1. The second-order valence-corrected chi connectivity index (χ2v) is 8.38. The number of rotatable bonds is 11. The van der Waals surface area contributed by atoms with Crippen molar-refractivity contribution in [3.8, 4) is 0 Å². The molecule has 0 bridgehead atoms. The van der Waals surface area contributed by atoms with Crippen molar-refractivity contribution in [1.82, 2.24) is 20.1 Å². The molecule has 31 heavy (non-hydrogen) atoms. The molecule has 0 spiro atoms. The zero-order valence-electron chi connectivity index (χ0n) is 19.8. The van der Waals surface area contributed by atoms with Gasteiger partial charge in [0.05, 0.1) is 13.1 Å². The molecule has 0 amide bonds. The van der Waals surface area contributed by atoms with Crippen molar-refractivity contribution in [2.45, 2.75) is 66.2 Å². The lowest BCUT2D eigenvalue weighted by Crippen LogP contribution is -2.41. The summed E-state index contributed by atoms with van der Waals surface area (Å²) in [5.74, 6) is 0.850. The number of nitrogens with one attached hydrogen (secondary N) is 2. The monoisotopic (exact) mass is 425 g/mol. The van der Waals surface area contributed by atoms with Crippen molar-refractivity contribution in [3.63, 3.8) is 0 Å². The molecule has 0 aliphatic rings. The summed E-state index contributed by atoms with van der Waals surface area (Å²) in [4.78, 5) is 19.1. The Morgan fingerprint density at radius 1 is 1.00 bits per heavy atom. The van der Waals surface area contributed by atoms with Crippen molar-refractivity contribution < 1.29 is 0 Å². The van der Waals surface area contributed by atoms with Crippen LogP contribution in [0.4, 0.5) is 0 Å². The molecule has 0 aliphatic heterocycles. The first-order valence-corrected chi connectivity index (χ1v) is 11.4. The van der Waals surface area contributed by atoms with Crippen LogP contribution in [0.3, 0.4) is 0 Å². The van der Waals surface area contributed by atoms with Crippen molar-refractivity contribution in [2.75, 3.05) is 19.6 Å². The molecule has 2 aromatic rings. The largest absolute Gasteiger partial charge is 0.357 e. The fraction of sp³-hybridized carbons (Fsp3) is 0.520. The van der Waals surface area contributed by atoms with Crippen LogP contribution < -0.4 is 16.2 Å².